The van der Waals surface area contributed by atoms with Crippen LogP contribution in [0.25, 0.3) is 0 Å². The van der Waals surface area contributed by atoms with Crippen LogP contribution in [0.3, 0.4) is 0 Å². The molecule has 0 heterocycles. The molecule has 1 N–H and O–H groups in total. The zero-order chi connectivity index (χ0) is 13.9. The van der Waals surface area contributed by atoms with E-state index in [4.69, 9.17) is 11.6 Å². The minimum Gasteiger partial charge on any atom is -0.352 e. The van der Waals surface area contributed by atoms with Crippen LogP contribution < -0.4 is 5.32 Å². The van der Waals surface area contributed by atoms with Crippen LogP contribution in [-0.2, 0) is 0 Å². The number of halogens is 6. The summed E-state index contributed by atoms with van der Waals surface area (Å²) in [5.74, 6) is -12.1. The molecule has 0 atom stereocenters. The van der Waals surface area contributed by atoms with Gasteiger partial charge in [-0.2, -0.15) is 0 Å². The minimum atomic E-state index is -2.30. The van der Waals surface area contributed by atoms with Crippen LogP contribution in [-0.4, -0.2) is 18.3 Å². The Morgan fingerprint density at radius 3 is 1.83 bits per heavy atom. The second kappa shape index (κ2) is 5.99. The van der Waals surface area contributed by atoms with Gasteiger partial charge in [0.05, 0.1) is 0 Å². The summed E-state index contributed by atoms with van der Waals surface area (Å²) in [5, 5.41) is 2.00. The van der Waals surface area contributed by atoms with Gasteiger partial charge in [0.15, 0.2) is 23.3 Å². The Morgan fingerprint density at radius 2 is 1.39 bits per heavy atom. The number of carbonyl (C=O) groups is 1. The average molecular weight is 288 g/mol. The van der Waals surface area contributed by atoms with Crippen molar-refractivity contribution in [2.75, 3.05) is 12.4 Å². The number of carbonyl (C=O) groups excluding carboxylic acids is 1. The first-order valence-corrected chi connectivity index (χ1v) is 5.30. The van der Waals surface area contributed by atoms with E-state index in [-0.39, 0.29) is 12.4 Å². The van der Waals surface area contributed by atoms with Gasteiger partial charge in [-0.1, -0.05) is 0 Å². The number of hydrogen-bond donors (Lipinski definition) is 1. The van der Waals surface area contributed by atoms with Crippen LogP contribution in [0.4, 0.5) is 22.0 Å². The molecule has 2 nitrogen and oxygen atoms in total. The highest BCUT2D eigenvalue weighted by atomic mass is 35.5. The maximum absolute atomic E-state index is 13.2. The molecule has 0 fully saturated rings. The van der Waals surface area contributed by atoms with E-state index in [1.807, 2.05) is 5.32 Å². The van der Waals surface area contributed by atoms with Crippen molar-refractivity contribution in [3.63, 3.8) is 0 Å². The lowest BCUT2D eigenvalue weighted by molar-refractivity contribution is 0.0942. The Hall–Kier alpha value is -1.37. The molecule has 0 aromatic heterocycles. The first kappa shape index (κ1) is 14.7. The normalized spacial score (nSPS) is 10.6. The maximum Gasteiger partial charge on any atom is 0.257 e. The number of rotatable bonds is 4. The molecule has 8 heteroatoms. The molecule has 0 saturated carbocycles. The van der Waals surface area contributed by atoms with E-state index < -0.39 is 40.6 Å². The fraction of sp³-hybridized carbons (Fsp3) is 0.300. The first-order chi connectivity index (χ1) is 8.41. The highest BCUT2D eigenvalue weighted by Gasteiger charge is 2.29. The van der Waals surface area contributed by atoms with Crippen molar-refractivity contribution < 1.29 is 26.7 Å². The van der Waals surface area contributed by atoms with Crippen LogP contribution in [0.5, 0.6) is 0 Å². The highest BCUT2D eigenvalue weighted by molar-refractivity contribution is 6.17. The topological polar surface area (TPSA) is 29.1 Å². The Bertz CT molecular complexity index is 451. The molecule has 1 amide bonds. The fourth-order valence-corrected chi connectivity index (χ4v) is 1.30. The highest BCUT2D eigenvalue weighted by Crippen LogP contribution is 2.22. The van der Waals surface area contributed by atoms with Gasteiger partial charge in [0.1, 0.15) is 5.56 Å². The molecule has 1 aromatic carbocycles. The number of nitrogens with one attached hydrogen (secondary N) is 1. The van der Waals surface area contributed by atoms with Crippen molar-refractivity contribution in [2.45, 2.75) is 6.42 Å². The number of amides is 1. The first-order valence-electron chi connectivity index (χ1n) is 4.77. The second-order valence-electron chi connectivity index (χ2n) is 3.24. The van der Waals surface area contributed by atoms with E-state index in [9.17, 15) is 26.7 Å². The van der Waals surface area contributed by atoms with Gasteiger partial charge in [0.2, 0.25) is 5.82 Å². The Morgan fingerprint density at radius 1 is 0.944 bits per heavy atom. The third kappa shape index (κ3) is 2.72. The lowest BCUT2D eigenvalue weighted by Crippen LogP contribution is -2.28. The Labute approximate surface area is 104 Å². The van der Waals surface area contributed by atoms with Crippen molar-refractivity contribution >= 4 is 17.5 Å². The van der Waals surface area contributed by atoms with Crippen molar-refractivity contribution in [3.8, 4) is 0 Å². The predicted octanol–water partition coefficient (Wildman–Crippen LogP) is 2.74. The van der Waals surface area contributed by atoms with Crippen molar-refractivity contribution in [2.24, 2.45) is 0 Å². The summed E-state index contributed by atoms with van der Waals surface area (Å²) in [6.07, 6.45) is 0.294. The standard InChI is InChI=1S/C10H7ClF5NO/c11-2-1-3-17-10(18)4-5(12)7(14)9(16)8(15)6(4)13/h1-3H2,(H,17,18). The van der Waals surface area contributed by atoms with E-state index in [1.54, 1.807) is 0 Å². The molecular weight excluding hydrogens is 281 g/mol. The lowest BCUT2D eigenvalue weighted by atomic mass is 10.1. The number of hydrogen-bond acceptors (Lipinski definition) is 1. The van der Waals surface area contributed by atoms with E-state index in [2.05, 4.69) is 0 Å². The molecule has 0 saturated heterocycles. The zero-order valence-electron chi connectivity index (χ0n) is 8.80. The monoisotopic (exact) mass is 287 g/mol. The smallest absolute Gasteiger partial charge is 0.257 e. The van der Waals surface area contributed by atoms with Crippen LogP contribution in [0.1, 0.15) is 16.8 Å². The van der Waals surface area contributed by atoms with Gasteiger partial charge in [-0.25, -0.2) is 22.0 Å². The molecule has 1 aromatic rings. The molecule has 0 bridgehead atoms. The van der Waals surface area contributed by atoms with Crippen LogP contribution in [0.2, 0.25) is 0 Å². The van der Waals surface area contributed by atoms with Crippen LogP contribution in [0, 0.1) is 29.1 Å². The summed E-state index contributed by atoms with van der Waals surface area (Å²) in [4.78, 5) is 11.3. The van der Waals surface area contributed by atoms with Crippen molar-refractivity contribution in [1.82, 2.24) is 5.32 Å². The van der Waals surface area contributed by atoms with E-state index in [0.717, 1.165) is 0 Å². The third-order valence-corrected chi connectivity index (χ3v) is 2.30. The summed E-state index contributed by atoms with van der Waals surface area (Å²) in [7, 11) is 0. The largest absolute Gasteiger partial charge is 0.352 e. The number of benzene rings is 1. The molecule has 100 valence electrons. The van der Waals surface area contributed by atoms with Gasteiger partial charge in [-0.05, 0) is 6.42 Å². The van der Waals surface area contributed by atoms with Gasteiger partial charge in [0.25, 0.3) is 5.91 Å². The summed E-state index contributed by atoms with van der Waals surface area (Å²) in [6, 6.07) is 0. The summed E-state index contributed by atoms with van der Waals surface area (Å²) in [6.45, 7) is -0.0399. The summed E-state index contributed by atoms with van der Waals surface area (Å²) < 4.78 is 64.6. The molecule has 0 aliphatic rings. The predicted molar refractivity (Wildman–Crippen MR) is 53.9 cm³/mol. The van der Waals surface area contributed by atoms with Gasteiger partial charge >= 0.3 is 0 Å². The third-order valence-electron chi connectivity index (χ3n) is 2.03. The van der Waals surface area contributed by atoms with E-state index in [1.165, 1.54) is 0 Å². The van der Waals surface area contributed by atoms with Gasteiger partial charge in [0, 0.05) is 12.4 Å². The van der Waals surface area contributed by atoms with Crippen molar-refractivity contribution in [1.29, 1.82) is 0 Å². The molecular formula is C10H7ClF5NO. The van der Waals surface area contributed by atoms with Gasteiger partial charge in [-0.15, -0.1) is 11.6 Å². The lowest BCUT2D eigenvalue weighted by Gasteiger charge is -2.08. The molecule has 0 spiro atoms. The Balaban J connectivity index is 3.13. The average Bonchev–Trinajstić information content (AvgIpc) is 2.34. The van der Waals surface area contributed by atoms with Gasteiger partial charge in [-0.3, -0.25) is 4.79 Å². The molecule has 1 rings (SSSR count). The number of alkyl halides is 1. The zero-order valence-corrected chi connectivity index (χ0v) is 9.55. The van der Waals surface area contributed by atoms with Crippen molar-refractivity contribution in [3.05, 3.63) is 34.6 Å². The molecule has 0 aliphatic heterocycles. The second-order valence-corrected chi connectivity index (χ2v) is 3.62. The minimum absolute atomic E-state index is 0.0399. The molecule has 0 radical (unpaired) electrons. The van der Waals surface area contributed by atoms with Crippen LogP contribution >= 0.6 is 11.6 Å². The summed E-state index contributed by atoms with van der Waals surface area (Å²) >= 11 is 5.30. The molecule has 0 aliphatic carbocycles. The quantitative estimate of drug-likeness (QED) is 0.298. The van der Waals surface area contributed by atoms with Gasteiger partial charge < -0.3 is 5.32 Å². The van der Waals surface area contributed by atoms with E-state index >= 15 is 0 Å². The summed E-state index contributed by atoms with van der Waals surface area (Å²) in [5.41, 5.74) is -1.50. The van der Waals surface area contributed by atoms with Crippen LogP contribution in [0.15, 0.2) is 0 Å². The maximum atomic E-state index is 13.2. The Kier molecular flexibility index (Phi) is 4.89. The fourth-order valence-electron chi connectivity index (χ4n) is 1.16. The molecule has 0 unspecified atom stereocenters. The SMILES string of the molecule is O=C(NCCCCl)c1c(F)c(F)c(F)c(F)c1F. The molecule has 18 heavy (non-hydrogen) atoms. The van der Waals surface area contributed by atoms with E-state index in [0.29, 0.717) is 6.42 Å².